The van der Waals surface area contributed by atoms with Crippen molar-refractivity contribution >= 4 is 5.69 Å². The maximum absolute atomic E-state index is 5.57. The van der Waals surface area contributed by atoms with Crippen LogP contribution in [0.1, 0.15) is 18.0 Å². The Bertz CT molecular complexity index is 289. The summed E-state index contributed by atoms with van der Waals surface area (Å²) in [4.78, 5) is 0. The molecular weight excluding hydrogens is 150 g/mol. The predicted octanol–water partition coefficient (Wildman–Crippen LogP) is 2.17. The highest BCUT2D eigenvalue weighted by atomic mass is 15.2. The second kappa shape index (κ2) is 2.93. The summed E-state index contributed by atoms with van der Waals surface area (Å²) >= 11 is 0. The van der Waals surface area contributed by atoms with Crippen molar-refractivity contribution in [3.8, 4) is 0 Å². The zero-order chi connectivity index (χ0) is 8.39. The van der Waals surface area contributed by atoms with Gasteiger partial charge >= 0.3 is 0 Å². The van der Waals surface area contributed by atoms with Crippen molar-refractivity contribution in [3.63, 3.8) is 0 Å². The van der Waals surface area contributed by atoms with Crippen LogP contribution in [0.25, 0.3) is 0 Å². The van der Waals surface area contributed by atoms with E-state index >= 15 is 0 Å². The van der Waals surface area contributed by atoms with E-state index < -0.39 is 0 Å². The molecule has 0 saturated heterocycles. The molecule has 0 radical (unpaired) electrons. The lowest BCUT2D eigenvalue weighted by Gasteiger charge is -2.04. The number of hydrogen-bond acceptors (Lipinski definition) is 3. The Kier molecular flexibility index (Phi) is 1.78. The van der Waals surface area contributed by atoms with Crippen molar-refractivity contribution in [2.45, 2.75) is 12.5 Å². The smallest absolute Gasteiger partial charge is 0.0976 e. The molecule has 0 spiro atoms. The topological polar surface area (TPSA) is 50.7 Å². The number of nitrogen functional groups attached to an aromatic ring is 1. The number of rotatable bonds is 1. The molecule has 0 fully saturated rings. The first-order chi connectivity index (χ1) is 5.86. The maximum Gasteiger partial charge on any atom is 0.0976 e. The van der Waals surface area contributed by atoms with E-state index in [4.69, 9.17) is 5.73 Å². The quantitative estimate of drug-likeness (QED) is 0.630. The normalized spacial score (nSPS) is 21.5. The molecule has 1 unspecified atom stereocenters. The Hall–Kier alpha value is -1.38. The number of nitrogens with two attached hydrogens (primary N) is 1. The fourth-order valence-electron chi connectivity index (χ4n) is 1.35. The summed E-state index contributed by atoms with van der Waals surface area (Å²) in [5, 5.41) is 8.08. The highest BCUT2D eigenvalue weighted by Gasteiger charge is 2.13. The van der Waals surface area contributed by atoms with Gasteiger partial charge in [0.2, 0.25) is 0 Å². The minimum Gasteiger partial charge on any atom is -0.399 e. The van der Waals surface area contributed by atoms with Gasteiger partial charge in [0, 0.05) is 5.69 Å². The molecule has 1 atom stereocenters. The van der Waals surface area contributed by atoms with Crippen molar-refractivity contribution in [1.29, 1.82) is 0 Å². The molecule has 2 rings (SSSR count). The van der Waals surface area contributed by atoms with Gasteiger partial charge in [-0.15, -0.1) is 0 Å². The van der Waals surface area contributed by atoms with Crippen LogP contribution < -0.4 is 5.73 Å². The number of anilines is 1. The summed E-state index contributed by atoms with van der Waals surface area (Å²) < 4.78 is 0. The third-order valence-electron chi connectivity index (χ3n) is 2.04. The first-order valence-corrected chi connectivity index (χ1v) is 4.08. The van der Waals surface area contributed by atoms with Gasteiger partial charge < -0.3 is 5.73 Å². The summed E-state index contributed by atoms with van der Waals surface area (Å²) in [5.41, 5.74) is 7.58. The Morgan fingerprint density at radius 3 is 2.58 bits per heavy atom. The summed E-state index contributed by atoms with van der Waals surface area (Å²) in [6, 6.07) is 8.12. The molecule has 0 bridgehead atoms. The zero-order valence-electron chi connectivity index (χ0n) is 6.77. The van der Waals surface area contributed by atoms with Crippen LogP contribution in [-0.2, 0) is 0 Å². The average Bonchev–Trinajstić information content (AvgIpc) is 2.58. The first kappa shape index (κ1) is 7.28. The van der Waals surface area contributed by atoms with Crippen molar-refractivity contribution in [2.24, 2.45) is 10.2 Å². The van der Waals surface area contributed by atoms with E-state index in [1.807, 2.05) is 24.3 Å². The molecule has 3 heteroatoms. The highest BCUT2D eigenvalue weighted by Crippen LogP contribution is 2.26. The molecule has 1 aromatic carbocycles. The SMILES string of the molecule is Nc1ccc(C2CCN=N2)cc1. The molecule has 3 nitrogen and oxygen atoms in total. The highest BCUT2D eigenvalue weighted by molar-refractivity contribution is 5.40. The van der Waals surface area contributed by atoms with E-state index in [1.54, 1.807) is 0 Å². The van der Waals surface area contributed by atoms with Gasteiger partial charge in [-0.05, 0) is 24.1 Å². The fraction of sp³-hybridized carbons (Fsp3) is 0.333. The summed E-state index contributed by atoms with van der Waals surface area (Å²) in [6.07, 6.45) is 1.03. The number of nitrogens with zero attached hydrogens (tertiary/aromatic N) is 2. The molecule has 1 aromatic rings. The number of benzene rings is 1. The van der Waals surface area contributed by atoms with Gasteiger partial charge in [0.05, 0.1) is 12.6 Å². The molecule has 62 valence electrons. The van der Waals surface area contributed by atoms with Crippen LogP contribution in [0.5, 0.6) is 0 Å². The van der Waals surface area contributed by atoms with E-state index in [0.717, 1.165) is 18.7 Å². The van der Waals surface area contributed by atoms with Crippen LogP contribution in [0.2, 0.25) is 0 Å². The number of hydrogen-bond donors (Lipinski definition) is 1. The van der Waals surface area contributed by atoms with Gasteiger partial charge in [0.15, 0.2) is 0 Å². The molecule has 0 saturated carbocycles. The van der Waals surface area contributed by atoms with E-state index in [-0.39, 0.29) is 6.04 Å². The van der Waals surface area contributed by atoms with Crippen molar-refractivity contribution in [3.05, 3.63) is 29.8 Å². The van der Waals surface area contributed by atoms with Crippen LogP contribution in [0, 0.1) is 0 Å². The van der Waals surface area contributed by atoms with Gasteiger partial charge in [0.1, 0.15) is 0 Å². The lowest BCUT2D eigenvalue weighted by atomic mass is 10.1. The third kappa shape index (κ3) is 1.30. The van der Waals surface area contributed by atoms with Crippen LogP contribution in [0.3, 0.4) is 0 Å². The summed E-state index contributed by atoms with van der Waals surface area (Å²) in [5.74, 6) is 0. The van der Waals surface area contributed by atoms with Crippen LogP contribution >= 0.6 is 0 Å². The molecule has 12 heavy (non-hydrogen) atoms. The molecular formula is C9H11N3. The lowest BCUT2D eigenvalue weighted by Crippen LogP contribution is -1.92. The standard InChI is InChI=1S/C9H11N3/c10-8-3-1-7(2-4-8)9-5-6-11-12-9/h1-4,9H,5-6,10H2. The minimum atomic E-state index is 0.269. The van der Waals surface area contributed by atoms with Crippen LogP contribution in [0.4, 0.5) is 5.69 Å². The lowest BCUT2D eigenvalue weighted by molar-refractivity contribution is 0.742. The molecule has 1 heterocycles. The third-order valence-corrected chi connectivity index (χ3v) is 2.04. The number of azo groups is 1. The summed E-state index contributed by atoms with van der Waals surface area (Å²) in [7, 11) is 0. The average molecular weight is 161 g/mol. The van der Waals surface area contributed by atoms with E-state index in [0.29, 0.717) is 0 Å². The first-order valence-electron chi connectivity index (χ1n) is 4.08. The Balaban J connectivity index is 2.23. The Labute approximate surface area is 71.3 Å². The van der Waals surface area contributed by atoms with Crippen molar-refractivity contribution < 1.29 is 0 Å². The molecule has 2 N–H and O–H groups in total. The molecule has 0 aromatic heterocycles. The monoisotopic (exact) mass is 161 g/mol. The molecule has 1 aliphatic heterocycles. The zero-order valence-corrected chi connectivity index (χ0v) is 6.77. The van der Waals surface area contributed by atoms with E-state index in [2.05, 4.69) is 10.2 Å². The van der Waals surface area contributed by atoms with Gasteiger partial charge in [-0.2, -0.15) is 10.2 Å². The van der Waals surface area contributed by atoms with E-state index in [1.165, 1.54) is 5.56 Å². The Morgan fingerprint density at radius 1 is 1.25 bits per heavy atom. The second-order valence-corrected chi connectivity index (χ2v) is 2.95. The van der Waals surface area contributed by atoms with Crippen LogP contribution in [0.15, 0.2) is 34.5 Å². The van der Waals surface area contributed by atoms with E-state index in [9.17, 15) is 0 Å². The van der Waals surface area contributed by atoms with Crippen molar-refractivity contribution in [2.75, 3.05) is 12.3 Å². The molecule has 0 aliphatic carbocycles. The largest absolute Gasteiger partial charge is 0.399 e. The maximum atomic E-state index is 5.57. The second-order valence-electron chi connectivity index (χ2n) is 2.95. The fourth-order valence-corrected chi connectivity index (χ4v) is 1.35. The van der Waals surface area contributed by atoms with Gasteiger partial charge in [0.25, 0.3) is 0 Å². The van der Waals surface area contributed by atoms with Gasteiger partial charge in [-0.1, -0.05) is 12.1 Å². The van der Waals surface area contributed by atoms with Crippen LogP contribution in [-0.4, -0.2) is 6.54 Å². The predicted molar refractivity (Wildman–Crippen MR) is 47.9 cm³/mol. The molecule has 0 amide bonds. The molecule has 1 aliphatic rings. The Morgan fingerprint density at radius 2 is 2.00 bits per heavy atom. The van der Waals surface area contributed by atoms with Crippen molar-refractivity contribution in [1.82, 2.24) is 0 Å². The summed E-state index contributed by atoms with van der Waals surface area (Å²) in [6.45, 7) is 0.856. The van der Waals surface area contributed by atoms with Gasteiger partial charge in [-0.3, -0.25) is 0 Å². The minimum absolute atomic E-state index is 0.269. The van der Waals surface area contributed by atoms with Gasteiger partial charge in [-0.25, -0.2) is 0 Å².